The quantitative estimate of drug-likeness (QED) is 0.180. The first-order valence-electron chi connectivity index (χ1n) is 17.5. The molecule has 3 rings (SSSR count). The highest BCUT2D eigenvalue weighted by Crippen LogP contribution is 2.45. The SMILES string of the molecule is CC1(C)CC(COC(=O)CC(CCC(=O)OCC2CC(C)(C)N([O])C2(C)C)CCC(=O)OCC2CC(C)(C)N([O])C2(C)C)C(C)(C)N1. The second kappa shape index (κ2) is 14.2. The van der Waals surface area contributed by atoms with Crippen molar-refractivity contribution in [1.29, 1.82) is 0 Å². The predicted molar refractivity (Wildman–Crippen MR) is 176 cm³/mol. The molecule has 11 nitrogen and oxygen atoms in total. The molecule has 0 aromatic carbocycles. The van der Waals surface area contributed by atoms with E-state index in [1.54, 1.807) is 0 Å². The van der Waals surface area contributed by atoms with Crippen LogP contribution in [0.5, 0.6) is 0 Å². The third kappa shape index (κ3) is 9.68. The van der Waals surface area contributed by atoms with E-state index in [1.165, 1.54) is 0 Å². The van der Waals surface area contributed by atoms with Crippen molar-refractivity contribution >= 4 is 17.9 Å². The Kier molecular flexibility index (Phi) is 12.0. The maximum Gasteiger partial charge on any atom is 0.306 e. The number of hydrogen-bond donors (Lipinski definition) is 1. The molecular formula is C36H63N3O8. The van der Waals surface area contributed by atoms with Gasteiger partial charge in [-0.15, -0.1) is 20.5 Å². The number of carbonyl (C=O) groups excluding carboxylic acids is 3. The fourth-order valence-electron chi connectivity index (χ4n) is 8.46. The number of hydrogen-bond acceptors (Lipinski definition) is 9. The molecule has 3 heterocycles. The zero-order chi connectivity index (χ0) is 35.8. The molecule has 11 heteroatoms. The third-order valence-electron chi connectivity index (χ3n) is 11.4. The number of nitrogens with one attached hydrogen (secondary N) is 1. The minimum atomic E-state index is -0.648. The average Bonchev–Trinajstić information content (AvgIpc) is 3.33. The maximum absolute atomic E-state index is 13.1. The van der Waals surface area contributed by atoms with Crippen LogP contribution in [0.3, 0.4) is 0 Å². The highest BCUT2D eigenvalue weighted by molar-refractivity contribution is 5.72. The van der Waals surface area contributed by atoms with Crippen LogP contribution in [0, 0.1) is 23.7 Å². The standard InChI is InChI=1S/C36H63N3O8/c1-31(2)18-25(34(7,8)37-31)21-47-30(42)17-24(13-15-28(40)45-22-26-19-32(3,4)38(43)35(26,9)10)14-16-29(41)46-23-27-20-33(5,6)39(44)36(27,11)12/h24-27,37H,13-23H2,1-12H3. The summed E-state index contributed by atoms with van der Waals surface area (Å²) < 4.78 is 17.0. The first-order chi connectivity index (χ1) is 21.3. The number of rotatable bonds is 14. The molecule has 3 atom stereocenters. The van der Waals surface area contributed by atoms with Crippen molar-refractivity contribution in [2.24, 2.45) is 23.7 Å². The Bertz CT molecular complexity index is 1070. The Morgan fingerprint density at radius 2 is 1.00 bits per heavy atom. The van der Waals surface area contributed by atoms with Crippen LogP contribution >= 0.6 is 0 Å². The molecule has 0 bridgehead atoms. The van der Waals surface area contributed by atoms with Crippen molar-refractivity contribution in [3.05, 3.63) is 0 Å². The lowest BCUT2D eigenvalue weighted by atomic mass is 9.87. The number of carbonyl (C=O) groups is 3. The molecule has 3 fully saturated rings. The number of hydroxylamine groups is 4. The van der Waals surface area contributed by atoms with Crippen LogP contribution in [-0.2, 0) is 39.0 Å². The summed E-state index contributed by atoms with van der Waals surface area (Å²) in [4.78, 5) is 38.7. The molecule has 0 amide bonds. The molecular weight excluding hydrogens is 602 g/mol. The Morgan fingerprint density at radius 3 is 1.34 bits per heavy atom. The van der Waals surface area contributed by atoms with Gasteiger partial charge >= 0.3 is 17.9 Å². The molecule has 3 saturated heterocycles. The smallest absolute Gasteiger partial charge is 0.306 e. The fourth-order valence-corrected chi connectivity index (χ4v) is 8.46. The maximum atomic E-state index is 13.1. The van der Waals surface area contributed by atoms with Crippen molar-refractivity contribution in [1.82, 2.24) is 15.4 Å². The highest BCUT2D eigenvalue weighted by Gasteiger charge is 2.54. The second-order valence-corrected chi connectivity index (χ2v) is 18.2. The van der Waals surface area contributed by atoms with Crippen molar-refractivity contribution in [2.75, 3.05) is 19.8 Å². The molecule has 3 unspecified atom stereocenters. The minimum absolute atomic E-state index is 0.0469. The number of nitrogens with zero attached hydrogens (tertiary/aromatic N) is 2. The molecule has 3 aliphatic rings. The van der Waals surface area contributed by atoms with Crippen LogP contribution in [0.2, 0.25) is 0 Å². The molecule has 0 saturated carbocycles. The van der Waals surface area contributed by atoms with E-state index in [4.69, 9.17) is 14.2 Å². The van der Waals surface area contributed by atoms with E-state index in [2.05, 4.69) is 33.0 Å². The molecule has 1 N–H and O–H groups in total. The van der Waals surface area contributed by atoms with Gasteiger partial charge in [0.25, 0.3) is 0 Å². The molecule has 0 aromatic rings. The Morgan fingerprint density at radius 1 is 0.617 bits per heavy atom. The minimum Gasteiger partial charge on any atom is -0.465 e. The lowest BCUT2D eigenvalue weighted by molar-refractivity contribution is -0.249. The summed E-state index contributed by atoms with van der Waals surface area (Å²) in [7, 11) is 0. The summed E-state index contributed by atoms with van der Waals surface area (Å²) in [5.74, 6) is -1.45. The summed E-state index contributed by atoms with van der Waals surface area (Å²) in [5.41, 5.74) is -2.57. The van der Waals surface area contributed by atoms with E-state index in [9.17, 15) is 24.8 Å². The highest BCUT2D eigenvalue weighted by atomic mass is 16.5. The fraction of sp³-hybridized carbons (Fsp3) is 0.917. The zero-order valence-electron chi connectivity index (χ0n) is 31.2. The summed E-state index contributed by atoms with van der Waals surface area (Å²) in [6.07, 6.45) is 3.09. The average molecular weight is 666 g/mol. The predicted octanol–water partition coefficient (Wildman–Crippen LogP) is 5.80. The van der Waals surface area contributed by atoms with E-state index in [-0.39, 0.29) is 73.2 Å². The monoisotopic (exact) mass is 665 g/mol. The second-order valence-electron chi connectivity index (χ2n) is 18.2. The van der Waals surface area contributed by atoms with E-state index in [0.717, 1.165) is 16.5 Å². The summed E-state index contributed by atoms with van der Waals surface area (Å²) in [5, 5.41) is 31.3. The van der Waals surface area contributed by atoms with Gasteiger partial charge in [0, 0.05) is 59.2 Å². The van der Waals surface area contributed by atoms with Crippen LogP contribution in [0.15, 0.2) is 0 Å². The van der Waals surface area contributed by atoms with E-state index in [0.29, 0.717) is 32.3 Å². The lowest BCUT2D eigenvalue weighted by Crippen LogP contribution is -2.46. The summed E-state index contributed by atoms with van der Waals surface area (Å²) in [6.45, 7) is 24.2. The van der Waals surface area contributed by atoms with Gasteiger partial charge in [0.05, 0.1) is 30.9 Å². The Balaban J connectivity index is 1.55. The van der Waals surface area contributed by atoms with Crippen LogP contribution in [0.25, 0.3) is 0 Å². The van der Waals surface area contributed by atoms with Gasteiger partial charge in [-0.25, -0.2) is 0 Å². The van der Waals surface area contributed by atoms with E-state index >= 15 is 0 Å². The van der Waals surface area contributed by atoms with E-state index < -0.39 is 34.1 Å². The van der Waals surface area contributed by atoms with Crippen molar-refractivity contribution in [2.45, 2.75) is 168 Å². The molecule has 47 heavy (non-hydrogen) atoms. The molecule has 0 spiro atoms. The summed E-state index contributed by atoms with van der Waals surface area (Å²) in [6, 6.07) is 0. The van der Waals surface area contributed by atoms with Crippen LogP contribution in [0.4, 0.5) is 0 Å². The van der Waals surface area contributed by atoms with Crippen molar-refractivity contribution in [3.8, 4) is 0 Å². The first-order valence-corrected chi connectivity index (χ1v) is 17.5. The number of esters is 3. The lowest BCUT2D eigenvalue weighted by Gasteiger charge is -2.33. The first kappa shape index (κ1) is 39.6. The van der Waals surface area contributed by atoms with Gasteiger partial charge in [-0.2, -0.15) is 0 Å². The van der Waals surface area contributed by atoms with Gasteiger partial charge in [-0.3, -0.25) is 14.4 Å². The van der Waals surface area contributed by atoms with Gasteiger partial charge in [0.1, 0.15) is 0 Å². The molecule has 0 aliphatic carbocycles. The zero-order valence-corrected chi connectivity index (χ0v) is 31.2. The topological polar surface area (TPSA) is 137 Å². The normalized spacial score (nSPS) is 29.4. The third-order valence-corrected chi connectivity index (χ3v) is 11.4. The Hall–Kier alpha value is -1.79. The largest absolute Gasteiger partial charge is 0.465 e. The Labute approximate surface area is 283 Å². The van der Waals surface area contributed by atoms with Crippen LogP contribution < -0.4 is 5.32 Å². The van der Waals surface area contributed by atoms with Gasteiger partial charge in [0.15, 0.2) is 0 Å². The van der Waals surface area contributed by atoms with Gasteiger partial charge in [0.2, 0.25) is 0 Å². The van der Waals surface area contributed by atoms with Crippen LogP contribution in [0.1, 0.15) is 134 Å². The van der Waals surface area contributed by atoms with Crippen LogP contribution in [-0.4, -0.2) is 81.1 Å². The van der Waals surface area contributed by atoms with Gasteiger partial charge in [-0.05, 0) is 121 Å². The molecule has 3 aliphatic heterocycles. The van der Waals surface area contributed by atoms with Crippen molar-refractivity contribution < 1.29 is 39.0 Å². The summed E-state index contributed by atoms with van der Waals surface area (Å²) >= 11 is 0. The molecule has 2 radical (unpaired) electrons. The molecule has 270 valence electrons. The van der Waals surface area contributed by atoms with E-state index in [1.807, 2.05) is 55.4 Å². The van der Waals surface area contributed by atoms with Crippen molar-refractivity contribution in [3.63, 3.8) is 0 Å². The van der Waals surface area contributed by atoms with Gasteiger partial charge in [-0.1, -0.05) is 0 Å². The van der Waals surface area contributed by atoms with Gasteiger partial charge < -0.3 is 19.5 Å². The number of ether oxygens (including phenoxy) is 3. The molecule has 0 aromatic heterocycles.